The summed E-state index contributed by atoms with van der Waals surface area (Å²) in [5, 5.41) is 4.31. The van der Waals surface area contributed by atoms with Crippen LogP contribution in [0, 0.1) is 0 Å². The standard InChI is InChI=1S/C21H26N6O2/c1-21(2,3)29-20(28)26-12-10-25(11-13-26)16-6-4-15(5-7-16)17-8-9-18-19(22)23-14-24-27(17)18/h4-9,14H,10-13H2,1-3H3,(H2,22,23,24). The minimum Gasteiger partial charge on any atom is -0.444 e. The van der Waals surface area contributed by atoms with Crippen LogP contribution >= 0.6 is 0 Å². The summed E-state index contributed by atoms with van der Waals surface area (Å²) in [5.41, 5.74) is 9.40. The first-order chi connectivity index (χ1) is 13.8. The molecule has 3 heterocycles. The van der Waals surface area contributed by atoms with Gasteiger partial charge in [0, 0.05) is 37.4 Å². The maximum absolute atomic E-state index is 12.2. The Morgan fingerprint density at radius 3 is 2.38 bits per heavy atom. The predicted octanol–water partition coefficient (Wildman–Crippen LogP) is 3.04. The SMILES string of the molecule is CC(C)(C)OC(=O)N1CCN(c2ccc(-c3ccc4c(N)ncnn34)cc2)CC1. The third-order valence-electron chi connectivity index (χ3n) is 4.94. The molecule has 1 aliphatic heterocycles. The van der Waals surface area contributed by atoms with E-state index in [1.165, 1.54) is 6.33 Å². The number of nitrogens with two attached hydrogens (primary N) is 1. The number of carbonyl (C=O) groups is 1. The molecule has 2 aromatic heterocycles. The number of rotatable bonds is 2. The summed E-state index contributed by atoms with van der Waals surface area (Å²) < 4.78 is 7.27. The Balaban J connectivity index is 1.44. The van der Waals surface area contributed by atoms with Crippen LogP contribution in [0.25, 0.3) is 16.8 Å². The Labute approximate surface area is 169 Å². The molecule has 0 atom stereocenters. The van der Waals surface area contributed by atoms with E-state index in [9.17, 15) is 4.79 Å². The Morgan fingerprint density at radius 2 is 1.72 bits per heavy atom. The van der Waals surface area contributed by atoms with Gasteiger partial charge in [0.15, 0.2) is 5.82 Å². The van der Waals surface area contributed by atoms with Gasteiger partial charge in [0.25, 0.3) is 0 Å². The highest BCUT2D eigenvalue weighted by Gasteiger charge is 2.26. The van der Waals surface area contributed by atoms with Gasteiger partial charge in [-0.25, -0.2) is 14.3 Å². The molecule has 0 spiro atoms. The number of fused-ring (bicyclic) bond motifs is 1. The number of nitrogens with zero attached hydrogens (tertiary/aromatic N) is 5. The maximum Gasteiger partial charge on any atom is 0.410 e. The van der Waals surface area contributed by atoms with Crippen LogP contribution in [-0.4, -0.2) is 57.4 Å². The molecular formula is C21H26N6O2. The molecule has 4 rings (SSSR count). The molecule has 1 saturated heterocycles. The Hall–Kier alpha value is -3.29. The van der Waals surface area contributed by atoms with Crippen molar-refractivity contribution in [3.05, 3.63) is 42.7 Å². The van der Waals surface area contributed by atoms with Crippen molar-refractivity contribution in [2.75, 3.05) is 36.8 Å². The third-order valence-corrected chi connectivity index (χ3v) is 4.94. The molecule has 3 aromatic rings. The lowest BCUT2D eigenvalue weighted by molar-refractivity contribution is 0.0240. The Bertz CT molecular complexity index is 1010. The van der Waals surface area contributed by atoms with E-state index in [-0.39, 0.29) is 6.09 Å². The van der Waals surface area contributed by atoms with Gasteiger partial charge < -0.3 is 20.3 Å². The summed E-state index contributed by atoms with van der Waals surface area (Å²) in [6, 6.07) is 12.3. The monoisotopic (exact) mass is 394 g/mol. The number of aromatic nitrogens is 3. The van der Waals surface area contributed by atoms with Crippen LogP contribution in [0.4, 0.5) is 16.3 Å². The average Bonchev–Trinajstić information content (AvgIpc) is 3.12. The van der Waals surface area contributed by atoms with Crippen molar-refractivity contribution in [2.45, 2.75) is 26.4 Å². The molecule has 1 amide bonds. The average molecular weight is 394 g/mol. The van der Waals surface area contributed by atoms with E-state index in [1.807, 2.05) is 32.9 Å². The van der Waals surface area contributed by atoms with E-state index in [1.54, 1.807) is 9.42 Å². The molecule has 1 aliphatic rings. The topological polar surface area (TPSA) is 89.0 Å². The second kappa shape index (κ2) is 7.27. The lowest BCUT2D eigenvalue weighted by Gasteiger charge is -2.36. The number of anilines is 2. The number of hydrogen-bond donors (Lipinski definition) is 1. The van der Waals surface area contributed by atoms with Crippen LogP contribution in [0.1, 0.15) is 20.8 Å². The van der Waals surface area contributed by atoms with E-state index < -0.39 is 5.60 Å². The Kier molecular flexibility index (Phi) is 4.77. The highest BCUT2D eigenvalue weighted by atomic mass is 16.6. The van der Waals surface area contributed by atoms with E-state index in [0.717, 1.165) is 35.6 Å². The van der Waals surface area contributed by atoms with Gasteiger partial charge in [-0.05, 0) is 45.0 Å². The summed E-state index contributed by atoms with van der Waals surface area (Å²) in [6.45, 7) is 8.51. The van der Waals surface area contributed by atoms with Gasteiger partial charge in [-0.2, -0.15) is 5.10 Å². The summed E-state index contributed by atoms with van der Waals surface area (Å²) in [5.74, 6) is 0.464. The maximum atomic E-state index is 12.2. The largest absolute Gasteiger partial charge is 0.444 e. The molecule has 8 heteroatoms. The van der Waals surface area contributed by atoms with Crippen molar-refractivity contribution in [1.29, 1.82) is 0 Å². The van der Waals surface area contributed by atoms with Gasteiger partial charge in [-0.3, -0.25) is 0 Å². The summed E-state index contributed by atoms with van der Waals surface area (Å²) in [7, 11) is 0. The van der Waals surface area contributed by atoms with E-state index in [4.69, 9.17) is 10.5 Å². The van der Waals surface area contributed by atoms with E-state index in [0.29, 0.717) is 18.9 Å². The molecule has 29 heavy (non-hydrogen) atoms. The van der Waals surface area contributed by atoms with Crippen molar-refractivity contribution >= 4 is 23.1 Å². The minimum absolute atomic E-state index is 0.242. The fourth-order valence-electron chi connectivity index (χ4n) is 3.49. The summed E-state index contributed by atoms with van der Waals surface area (Å²) in [4.78, 5) is 20.3. The number of ether oxygens (including phenoxy) is 1. The molecule has 8 nitrogen and oxygen atoms in total. The van der Waals surface area contributed by atoms with Crippen LogP contribution in [-0.2, 0) is 4.74 Å². The van der Waals surface area contributed by atoms with Crippen molar-refractivity contribution < 1.29 is 9.53 Å². The van der Waals surface area contributed by atoms with Crippen molar-refractivity contribution in [3.8, 4) is 11.3 Å². The molecule has 152 valence electrons. The molecule has 0 saturated carbocycles. The van der Waals surface area contributed by atoms with Crippen molar-refractivity contribution in [2.24, 2.45) is 0 Å². The first-order valence-electron chi connectivity index (χ1n) is 9.73. The van der Waals surface area contributed by atoms with Crippen LogP contribution in [0.2, 0.25) is 0 Å². The van der Waals surface area contributed by atoms with E-state index in [2.05, 4.69) is 39.2 Å². The molecule has 0 unspecified atom stereocenters. The van der Waals surface area contributed by atoms with Crippen LogP contribution in [0.15, 0.2) is 42.7 Å². The van der Waals surface area contributed by atoms with Gasteiger partial charge in [0.2, 0.25) is 0 Å². The molecule has 2 N–H and O–H groups in total. The number of hydrogen-bond acceptors (Lipinski definition) is 6. The molecule has 0 bridgehead atoms. The highest BCUT2D eigenvalue weighted by Crippen LogP contribution is 2.26. The number of nitrogen functional groups attached to an aromatic ring is 1. The second-order valence-electron chi connectivity index (χ2n) is 8.16. The molecule has 0 aliphatic carbocycles. The lowest BCUT2D eigenvalue weighted by Crippen LogP contribution is -2.50. The number of piperazine rings is 1. The fourth-order valence-corrected chi connectivity index (χ4v) is 3.49. The minimum atomic E-state index is -0.470. The highest BCUT2D eigenvalue weighted by molar-refractivity contribution is 5.74. The van der Waals surface area contributed by atoms with Crippen LogP contribution in [0.5, 0.6) is 0 Å². The number of carbonyl (C=O) groups excluding carboxylic acids is 1. The molecule has 1 fully saturated rings. The second-order valence-corrected chi connectivity index (χ2v) is 8.16. The van der Waals surface area contributed by atoms with Crippen LogP contribution < -0.4 is 10.6 Å². The zero-order chi connectivity index (χ0) is 20.6. The first kappa shape index (κ1) is 19.0. The molecule has 0 radical (unpaired) electrons. The first-order valence-corrected chi connectivity index (χ1v) is 9.73. The Morgan fingerprint density at radius 1 is 1.03 bits per heavy atom. The zero-order valence-electron chi connectivity index (χ0n) is 17.0. The van der Waals surface area contributed by atoms with Crippen LogP contribution in [0.3, 0.4) is 0 Å². The van der Waals surface area contributed by atoms with E-state index >= 15 is 0 Å². The fraction of sp³-hybridized carbons (Fsp3) is 0.381. The molecule has 1 aromatic carbocycles. The van der Waals surface area contributed by atoms with Gasteiger partial charge in [-0.15, -0.1) is 0 Å². The summed E-state index contributed by atoms with van der Waals surface area (Å²) in [6.07, 6.45) is 1.22. The van der Waals surface area contributed by atoms with Crippen molar-refractivity contribution in [1.82, 2.24) is 19.5 Å². The van der Waals surface area contributed by atoms with Gasteiger partial charge >= 0.3 is 6.09 Å². The van der Waals surface area contributed by atoms with Gasteiger partial charge in [0.1, 0.15) is 17.4 Å². The predicted molar refractivity (Wildman–Crippen MR) is 113 cm³/mol. The van der Waals surface area contributed by atoms with Gasteiger partial charge in [0.05, 0.1) is 5.69 Å². The third kappa shape index (κ3) is 3.96. The normalized spacial score (nSPS) is 15.0. The summed E-state index contributed by atoms with van der Waals surface area (Å²) >= 11 is 0. The number of benzene rings is 1. The quantitative estimate of drug-likeness (QED) is 0.719. The smallest absolute Gasteiger partial charge is 0.410 e. The van der Waals surface area contributed by atoms with Gasteiger partial charge in [-0.1, -0.05) is 12.1 Å². The van der Waals surface area contributed by atoms with Crippen molar-refractivity contribution in [3.63, 3.8) is 0 Å². The molecular weight excluding hydrogens is 368 g/mol. The zero-order valence-corrected chi connectivity index (χ0v) is 17.0. The lowest BCUT2D eigenvalue weighted by atomic mass is 10.1. The number of amides is 1.